The monoisotopic (exact) mass is 307 g/mol. The molecular weight excluding hydrogens is 282 g/mol. The normalized spacial score (nSPS) is 22.3. The van der Waals surface area contributed by atoms with Crippen molar-refractivity contribution in [2.45, 2.75) is 46.2 Å². The molecule has 0 saturated carbocycles. The second-order valence-electron chi connectivity index (χ2n) is 6.09. The summed E-state index contributed by atoms with van der Waals surface area (Å²) in [7, 11) is 0. The molecule has 22 heavy (non-hydrogen) atoms. The Morgan fingerprint density at radius 3 is 2.68 bits per heavy atom. The third-order valence-electron chi connectivity index (χ3n) is 4.32. The number of aromatic amines is 1. The van der Waals surface area contributed by atoms with Gasteiger partial charge in [-0.2, -0.15) is 5.10 Å². The number of nitrogens with zero attached hydrogens (tertiary/aromatic N) is 2. The average molecular weight is 307 g/mol. The highest BCUT2D eigenvalue weighted by Gasteiger charge is 2.28. The summed E-state index contributed by atoms with van der Waals surface area (Å²) in [6, 6.07) is -0.0555. The Morgan fingerprint density at radius 2 is 2.09 bits per heavy atom. The molecule has 0 bridgehead atoms. The molecule has 1 aromatic heterocycles. The van der Waals surface area contributed by atoms with Crippen LogP contribution in [0.5, 0.6) is 0 Å². The van der Waals surface area contributed by atoms with Gasteiger partial charge in [0.05, 0.1) is 11.6 Å². The number of aryl methyl sites for hydroxylation is 2. The van der Waals surface area contributed by atoms with E-state index in [0.717, 1.165) is 23.4 Å². The van der Waals surface area contributed by atoms with Gasteiger partial charge in [-0.05, 0) is 26.7 Å². The number of carbonyl (C=O) groups is 2. The first-order chi connectivity index (χ1) is 10.4. The summed E-state index contributed by atoms with van der Waals surface area (Å²) in [5, 5.41) is 9.99. The van der Waals surface area contributed by atoms with E-state index in [0.29, 0.717) is 26.1 Å². The smallest absolute Gasteiger partial charge is 0.225 e. The summed E-state index contributed by atoms with van der Waals surface area (Å²) in [5.41, 5.74) is 8.85. The molecule has 2 atom stereocenters. The third-order valence-corrected chi connectivity index (χ3v) is 4.32. The van der Waals surface area contributed by atoms with E-state index in [-0.39, 0.29) is 23.8 Å². The van der Waals surface area contributed by atoms with Gasteiger partial charge in [-0.15, -0.1) is 0 Å². The Labute approximate surface area is 130 Å². The van der Waals surface area contributed by atoms with Crippen molar-refractivity contribution in [3.63, 3.8) is 0 Å². The quantitative estimate of drug-likeness (QED) is 0.743. The number of carbonyl (C=O) groups excluding carboxylic acids is 2. The number of nitrogens with two attached hydrogens (primary N) is 1. The number of rotatable bonds is 3. The van der Waals surface area contributed by atoms with Gasteiger partial charge in [0, 0.05) is 43.9 Å². The minimum absolute atomic E-state index is 0.0275. The van der Waals surface area contributed by atoms with Crippen LogP contribution in [0.3, 0.4) is 0 Å². The third kappa shape index (κ3) is 3.85. The number of likely N-dealkylation sites (tertiary alicyclic amines) is 1. The van der Waals surface area contributed by atoms with Crippen LogP contribution < -0.4 is 11.1 Å². The maximum Gasteiger partial charge on any atom is 0.225 e. The van der Waals surface area contributed by atoms with Crippen LogP contribution >= 0.6 is 0 Å². The van der Waals surface area contributed by atoms with E-state index < -0.39 is 0 Å². The van der Waals surface area contributed by atoms with E-state index in [4.69, 9.17) is 5.73 Å². The van der Waals surface area contributed by atoms with Crippen LogP contribution in [0.1, 0.15) is 36.7 Å². The molecule has 1 saturated heterocycles. The molecule has 122 valence electrons. The molecule has 1 aromatic rings. The Balaban J connectivity index is 1.97. The lowest BCUT2D eigenvalue weighted by Gasteiger charge is -2.23. The van der Waals surface area contributed by atoms with E-state index in [1.54, 1.807) is 4.90 Å². The fourth-order valence-electron chi connectivity index (χ4n) is 2.85. The maximum atomic E-state index is 12.4. The average Bonchev–Trinajstić information content (AvgIpc) is 2.66. The molecule has 1 aliphatic heterocycles. The van der Waals surface area contributed by atoms with Gasteiger partial charge >= 0.3 is 0 Å². The van der Waals surface area contributed by atoms with Gasteiger partial charge in [-0.25, -0.2) is 0 Å². The second-order valence-corrected chi connectivity index (χ2v) is 6.09. The summed E-state index contributed by atoms with van der Waals surface area (Å²) in [6.45, 7) is 6.79. The molecule has 0 radical (unpaired) electrons. The van der Waals surface area contributed by atoms with E-state index in [1.807, 2.05) is 13.8 Å². The van der Waals surface area contributed by atoms with Crippen molar-refractivity contribution in [2.24, 2.45) is 11.7 Å². The van der Waals surface area contributed by atoms with E-state index in [1.165, 1.54) is 6.92 Å². The van der Waals surface area contributed by atoms with Gasteiger partial charge in [0.25, 0.3) is 0 Å². The molecule has 1 fully saturated rings. The van der Waals surface area contributed by atoms with E-state index in [2.05, 4.69) is 15.5 Å². The number of aromatic nitrogens is 2. The molecule has 0 unspecified atom stereocenters. The number of H-pyrrole nitrogens is 1. The lowest BCUT2D eigenvalue weighted by atomic mass is 10.0. The molecule has 0 spiro atoms. The Kier molecular flexibility index (Phi) is 5.18. The van der Waals surface area contributed by atoms with Gasteiger partial charge in [-0.1, -0.05) is 0 Å². The summed E-state index contributed by atoms with van der Waals surface area (Å²) >= 11 is 0. The van der Waals surface area contributed by atoms with Crippen LogP contribution in [0.2, 0.25) is 0 Å². The molecule has 2 rings (SSSR count). The first-order valence-electron chi connectivity index (χ1n) is 7.67. The summed E-state index contributed by atoms with van der Waals surface area (Å²) in [5.74, 6) is -0.262. The van der Waals surface area contributed by atoms with Gasteiger partial charge in [0.2, 0.25) is 11.8 Å². The zero-order valence-electron chi connectivity index (χ0n) is 13.5. The lowest BCUT2D eigenvalue weighted by molar-refractivity contribution is -0.131. The summed E-state index contributed by atoms with van der Waals surface area (Å²) in [4.78, 5) is 25.7. The van der Waals surface area contributed by atoms with Crippen molar-refractivity contribution in [1.82, 2.24) is 20.4 Å². The molecule has 7 nitrogen and oxygen atoms in total. The number of hydrogen-bond acceptors (Lipinski definition) is 4. The van der Waals surface area contributed by atoms with Crippen molar-refractivity contribution < 1.29 is 9.59 Å². The number of nitrogens with one attached hydrogen (secondary N) is 2. The van der Waals surface area contributed by atoms with Crippen LogP contribution in [0.25, 0.3) is 0 Å². The van der Waals surface area contributed by atoms with E-state index in [9.17, 15) is 9.59 Å². The molecule has 2 heterocycles. The minimum Gasteiger partial charge on any atom is -0.352 e. The lowest BCUT2D eigenvalue weighted by Crippen LogP contribution is -2.42. The van der Waals surface area contributed by atoms with Crippen molar-refractivity contribution in [3.05, 3.63) is 17.0 Å². The zero-order chi connectivity index (χ0) is 16.3. The highest BCUT2D eigenvalue weighted by molar-refractivity contribution is 5.80. The molecule has 7 heteroatoms. The fourth-order valence-corrected chi connectivity index (χ4v) is 2.85. The van der Waals surface area contributed by atoms with Gasteiger partial charge in [0.1, 0.15) is 0 Å². The molecule has 0 aliphatic carbocycles. The van der Waals surface area contributed by atoms with E-state index >= 15 is 0 Å². The van der Waals surface area contributed by atoms with Gasteiger partial charge in [-0.3, -0.25) is 14.7 Å². The SMILES string of the molecule is CC(=O)N1C[C@@H](N)CC[C@@H](C(=O)NCc2c(C)n[nH]c2C)C1. The van der Waals surface area contributed by atoms with Crippen molar-refractivity contribution in [3.8, 4) is 0 Å². The highest BCUT2D eigenvalue weighted by atomic mass is 16.2. The van der Waals surface area contributed by atoms with Gasteiger partial charge in [0.15, 0.2) is 0 Å². The predicted octanol–water partition coefficient (Wildman–Crippen LogP) is 0.229. The van der Waals surface area contributed by atoms with Crippen LogP contribution in [-0.4, -0.2) is 46.0 Å². The molecule has 2 amide bonds. The van der Waals surface area contributed by atoms with Gasteiger partial charge < -0.3 is 16.0 Å². The second kappa shape index (κ2) is 6.91. The van der Waals surface area contributed by atoms with Crippen molar-refractivity contribution >= 4 is 11.8 Å². The first kappa shape index (κ1) is 16.5. The van der Waals surface area contributed by atoms with Crippen LogP contribution in [0.15, 0.2) is 0 Å². The largest absolute Gasteiger partial charge is 0.352 e. The maximum absolute atomic E-state index is 12.4. The summed E-state index contributed by atoms with van der Waals surface area (Å²) in [6.07, 6.45) is 1.46. The number of amides is 2. The number of hydrogen-bond donors (Lipinski definition) is 3. The topological polar surface area (TPSA) is 104 Å². The molecule has 4 N–H and O–H groups in total. The zero-order valence-corrected chi connectivity index (χ0v) is 13.5. The van der Waals surface area contributed by atoms with Crippen LogP contribution in [-0.2, 0) is 16.1 Å². The first-order valence-corrected chi connectivity index (χ1v) is 7.67. The van der Waals surface area contributed by atoms with Crippen LogP contribution in [0.4, 0.5) is 0 Å². The molecule has 0 aromatic carbocycles. The Morgan fingerprint density at radius 1 is 1.36 bits per heavy atom. The Hall–Kier alpha value is -1.89. The molecule has 1 aliphatic rings. The van der Waals surface area contributed by atoms with Crippen molar-refractivity contribution in [2.75, 3.05) is 13.1 Å². The fraction of sp³-hybridized carbons (Fsp3) is 0.667. The molecular formula is C15H25N5O2. The standard InChI is InChI=1S/C15H25N5O2/c1-9-14(10(2)19-18-9)6-17-15(22)12-4-5-13(16)8-20(7-12)11(3)21/h12-13H,4-8,16H2,1-3H3,(H,17,22)(H,18,19)/t12-,13+/m1/s1. The minimum atomic E-state index is -0.204. The van der Waals surface area contributed by atoms with Crippen molar-refractivity contribution in [1.29, 1.82) is 0 Å². The Bertz CT molecular complexity index is 535. The highest BCUT2D eigenvalue weighted by Crippen LogP contribution is 2.17. The predicted molar refractivity (Wildman–Crippen MR) is 82.9 cm³/mol. The summed E-state index contributed by atoms with van der Waals surface area (Å²) < 4.78 is 0. The van der Waals surface area contributed by atoms with Crippen LogP contribution in [0, 0.1) is 19.8 Å².